The van der Waals surface area contributed by atoms with Gasteiger partial charge < -0.3 is 10.6 Å². The second-order valence-corrected chi connectivity index (χ2v) is 5.73. The Morgan fingerprint density at radius 3 is 2.81 bits per heavy atom. The molecule has 0 aromatic carbocycles. The fraction of sp³-hybridized carbons (Fsp3) is 0.688. The van der Waals surface area contributed by atoms with Crippen LogP contribution in [-0.4, -0.2) is 28.5 Å². The van der Waals surface area contributed by atoms with Crippen molar-refractivity contribution in [2.45, 2.75) is 64.3 Å². The lowest BCUT2D eigenvalue weighted by Crippen LogP contribution is -2.26. The molecule has 1 amide bonds. The lowest BCUT2D eigenvalue weighted by atomic mass is 9.95. The van der Waals surface area contributed by atoms with Crippen LogP contribution in [0.25, 0.3) is 0 Å². The number of amides is 1. The Bertz CT molecular complexity index is 444. The van der Waals surface area contributed by atoms with Crippen LogP contribution < -0.4 is 10.6 Å². The molecule has 5 nitrogen and oxygen atoms in total. The zero-order valence-corrected chi connectivity index (χ0v) is 12.9. The fourth-order valence-electron chi connectivity index (χ4n) is 2.68. The molecular weight excluding hydrogens is 264 g/mol. The molecule has 1 fully saturated rings. The van der Waals surface area contributed by atoms with Gasteiger partial charge in [-0.15, -0.1) is 0 Å². The fourth-order valence-corrected chi connectivity index (χ4v) is 2.68. The van der Waals surface area contributed by atoms with E-state index in [-0.39, 0.29) is 5.91 Å². The Kier molecular flexibility index (Phi) is 6.44. The number of rotatable bonds is 7. The van der Waals surface area contributed by atoms with E-state index in [4.69, 9.17) is 0 Å². The van der Waals surface area contributed by atoms with Crippen molar-refractivity contribution >= 4 is 11.7 Å². The van der Waals surface area contributed by atoms with Crippen molar-refractivity contribution in [2.75, 3.05) is 11.9 Å². The maximum Gasteiger partial charge on any atom is 0.270 e. The van der Waals surface area contributed by atoms with Crippen LogP contribution in [0.2, 0.25) is 0 Å². The molecule has 1 aliphatic rings. The minimum atomic E-state index is -0.111. The summed E-state index contributed by atoms with van der Waals surface area (Å²) in [5.74, 6) is 0.649. The highest BCUT2D eigenvalue weighted by Crippen LogP contribution is 2.20. The average Bonchev–Trinajstić information content (AvgIpc) is 2.53. The Morgan fingerprint density at radius 2 is 2.05 bits per heavy atom. The number of carbonyl (C=O) groups is 1. The summed E-state index contributed by atoms with van der Waals surface area (Å²) in [6.45, 7) is 2.86. The van der Waals surface area contributed by atoms with Gasteiger partial charge in [0.25, 0.3) is 5.91 Å². The largest absolute Gasteiger partial charge is 0.367 e. The van der Waals surface area contributed by atoms with E-state index in [1.807, 2.05) is 0 Å². The molecule has 116 valence electrons. The van der Waals surface area contributed by atoms with E-state index in [0.717, 1.165) is 25.1 Å². The van der Waals surface area contributed by atoms with Crippen LogP contribution in [0, 0.1) is 0 Å². The molecule has 0 spiro atoms. The van der Waals surface area contributed by atoms with Crippen molar-refractivity contribution in [1.82, 2.24) is 15.3 Å². The summed E-state index contributed by atoms with van der Waals surface area (Å²) in [6, 6.07) is 2.23. The average molecular weight is 290 g/mol. The van der Waals surface area contributed by atoms with Crippen molar-refractivity contribution in [3.05, 3.63) is 18.1 Å². The molecule has 0 radical (unpaired) electrons. The van der Waals surface area contributed by atoms with Gasteiger partial charge in [0.05, 0.1) is 0 Å². The minimum Gasteiger partial charge on any atom is -0.367 e. The third-order valence-corrected chi connectivity index (χ3v) is 3.92. The third-order valence-electron chi connectivity index (χ3n) is 3.92. The van der Waals surface area contributed by atoms with Crippen LogP contribution >= 0.6 is 0 Å². The first-order chi connectivity index (χ1) is 10.3. The Labute approximate surface area is 127 Å². The van der Waals surface area contributed by atoms with E-state index >= 15 is 0 Å². The van der Waals surface area contributed by atoms with E-state index in [1.165, 1.54) is 38.4 Å². The van der Waals surface area contributed by atoms with Gasteiger partial charge in [-0.3, -0.25) is 4.79 Å². The SMILES string of the molecule is CCCCCNC(=O)c1cc(NC2CCCCC2)ncn1. The molecule has 1 heterocycles. The maximum atomic E-state index is 12.0. The number of hydrogen-bond donors (Lipinski definition) is 2. The quantitative estimate of drug-likeness (QED) is 0.757. The number of carbonyl (C=O) groups excluding carboxylic acids is 1. The second kappa shape index (κ2) is 8.60. The van der Waals surface area contributed by atoms with Crippen LogP contribution in [0.5, 0.6) is 0 Å². The highest BCUT2D eigenvalue weighted by atomic mass is 16.1. The van der Waals surface area contributed by atoms with Crippen molar-refractivity contribution in [1.29, 1.82) is 0 Å². The first-order valence-electron chi connectivity index (χ1n) is 8.16. The summed E-state index contributed by atoms with van der Waals surface area (Å²) in [7, 11) is 0. The predicted octanol–water partition coefficient (Wildman–Crippen LogP) is 3.14. The van der Waals surface area contributed by atoms with Gasteiger partial charge in [-0.1, -0.05) is 39.0 Å². The van der Waals surface area contributed by atoms with Gasteiger partial charge in [0, 0.05) is 18.7 Å². The molecule has 0 saturated heterocycles. The van der Waals surface area contributed by atoms with Crippen LogP contribution in [0.3, 0.4) is 0 Å². The summed E-state index contributed by atoms with van der Waals surface area (Å²) < 4.78 is 0. The zero-order chi connectivity index (χ0) is 14.9. The summed E-state index contributed by atoms with van der Waals surface area (Å²) in [4.78, 5) is 20.3. The smallest absolute Gasteiger partial charge is 0.270 e. The van der Waals surface area contributed by atoms with Gasteiger partial charge in [-0.05, 0) is 19.3 Å². The van der Waals surface area contributed by atoms with E-state index in [0.29, 0.717) is 18.3 Å². The van der Waals surface area contributed by atoms with E-state index in [1.54, 1.807) is 6.07 Å². The Hall–Kier alpha value is -1.65. The normalized spacial score (nSPS) is 15.7. The summed E-state index contributed by atoms with van der Waals surface area (Å²) in [5, 5.41) is 6.33. The Morgan fingerprint density at radius 1 is 1.24 bits per heavy atom. The van der Waals surface area contributed by atoms with Gasteiger partial charge in [0.2, 0.25) is 0 Å². The van der Waals surface area contributed by atoms with Crippen LogP contribution in [-0.2, 0) is 0 Å². The molecule has 0 unspecified atom stereocenters. The number of hydrogen-bond acceptors (Lipinski definition) is 4. The van der Waals surface area contributed by atoms with Crippen LogP contribution in [0.15, 0.2) is 12.4 Å². The number of anilines is 1. The van der Waals surface area contributed by atoms with Gasteiger partial charge in [-0.2, -0.15) is 0 Å². The zero-order valence-electron chi connectivity index (χ0n) is 12.9. The molecule has 1 aliphatic carbocycles. The van der Waals surface area contributed by atoms with Crippen molar-refractivity contribution in [3.8, 4) is 0 Å². The van der Waals surface area contributed by atoms with Crippen LogP contribution in [0.1, 0.15) is 68.8 Å². The van der Waals surface area contributed by atoms with Crippen molar-refractivity contribution < 1.29 is 4.79 Å². The summed E-state index contributed by atoms with van der Waals surface area (Å²) in [5.41, 5.74) is 0.444. The summed E-state index contributed by atoms with van der Waals surface area (Å²) in [6.07, 6.45) is 11.0. The molecule has 21 heavy (non-hydrogen) atoms. The maximum absolute atomic E-state index is 12.0. The molecule has 1 saturated carbocycles. The van der Waals surface area contributed by atoms with Crippen molar-refractivity contribution in [3.63, 3.8) is 0 Å². The third kappa shape index (κ3) is 5.33. The van der Waals surface area contributed by atoms with Gasteiger partial charge in [0.1, 0.15) is 17.8 Å². The lowest BCUT2D eigenvalue weighted by molar-refractivity contribution is 0.0948. The topological polar surface area (TPSA) is 66.9 Å². The first kappa shape index (κ1) is 15.7. The molecule has 5 heteroatoms. The highest BCUT2D eigenvalue weighted by molar-refractivity contribution is 5.92. The number of nitrogens with one attached hydrogen (secondary N) is 2. The summed E-state index contributed by atoms with van der Waals surface area (Å²) >= 11 is 0. The standard InChI is InChI=1S/C16H26N4O/c1-2-3-7-10-17-16(21)14-11-15(19-12-18-14)20-13-8-5-4-6-9-13/h11-13H,2-10H2,1H3,(H,17,21)(H,18,19,20). The molecule has 2 N–H and O–H groups in total. The minimum absolute atomic E-state index is 0.111. The Balaban J connectivity index is 1.85. The first-order valence-corrected chi connectivity index (χ1v) is 8.16. The van der Waals surface area contributed by atoms with E-state index in [9.17, 15) is 4.79 Å². The van der Waals surface area contributed by atoms with Gasteiger partial charge in [-0.25, -0.2) is 9.97 Å². The highest BCUT2D eigenvalue weighted by Gasteiger charge is 2.14. The molecule has 1 aromatic rings. The van der Waals surface area contributed by atoms with E-state index in [2.05, 4.69) is 27.5 Å². The van der Waals surface area contributed by atoms with Crippen molar-refractivity contribution in [2.24, 2.45) is 0 Å². The molecule has 0 aliphatic heterocycles. The number of aromatic nitrogens is 2. The molecule has 0 atom stereocenters. The monoisotopic (exact) mass is 290 g/mol. The van der Waals surface area contributed by atoms with Gasteiger partial charge in [0.15, 0.2) is 0 Å². The predicted molar refractivity (Wildman–Crippen MR) is 84.4 cm³/mol. The van der Waals surface area contributed by atoms with Crippen LogP contribution in [0.4, 0.5) is 5.82 Å². The molecule has 1 aromatic heterocycles. The van der Waals surface area contributed by atoms with E-state index < -0.39 is 0 Å². The molecule has 0 bridgehead atoms. The van der Waals surface area contributed by atoms with Gasteiger partial charge >= 0.3 is 0 Å². The lowest BCUT2D eigenvalue weighted by Gasteiger charge is -2.23. The number of nitrogens with zero attached hydrogens (tertiary/aromatic N) is 2. The molecular formula is C16H26N4O. The second-order valence-electron chi connectivity index (χ2n) is 5.73. The number of unbranched alkanes of at least 4 members (excludes halogenated alkanes) is 2. The molecule has 2 rings (SSSR count).